The Morgan fingerprint density at radius 3 is 2.65 bits per heavy atom. The minimum Gasteiger partial charge on any atom is -0.476 e. The predicted molar refractivity (Wildman–Crippen MR) is 80.2 cm³/mol. The molecule has 0 radical (unpaired) electrons. The largest absolute Gasteiger partial charge is 0.476 e. The first-order valence-electron chi connectivity index (χ1n) is 5.48. The normalized spacial score (nSPS) is 10.2. The average Bonchev–Trinajstić information content (AvgIpc) is 3.03. The second kappa shape index (κ2) is 6.82. The van der Waals surface area contributed by atoms with E-state index in [-0.39, 0.29) is 18.3 Å². The Bertz CT molecular complexity index is 626. The second-order valence-electron chi connectivity index (χ2n) is 3.67. The summed E-state index contributed by atoms with van der Waals surface area (Å²) in [6.07, 6.45) is 0. The number of nitrogens with one attached hydrogen (secondary N) is 2. The summed E-state index contributed by atoms with van der Waals surface area (Å²) in [6.45, 7) is 0.651. The lowest BCUT2D eigenvalue weighted by molar-refractivity contribution is 0.0691. The van der Waals surface area contributed by atoms with Crippen LogP contribution in [0.25, 0.3) is 0 Å². The molecule has 20 heavy (non-hydrogen) atoms. The minimum absolute atomic E-state index is 0.00403. The van der Waals surface area contributed by atoms with Crippen molar-refractivity contribution in [2.75, 3.05) is 0 Å². The number of carbonyl (C=O) groups excluding carboxylic acids is 1. The maximum atomic E-state index is 11.6. The van der Waals surface area contributed by atoms with Gasteiger partial charge in [-0.2, -0.15) is 0 Å². The number of carboxylic acids is 1. The SMILES string of the molecule is O=C(NCc1ccc(Br)s1)NCc1nc(C(=O)O)cs1. The number of thiophene rings is 1. The van der Waals surface area contributed by atoms with Gasteiger partial charge in [-0.1, -0.05) is 0 Å². The second-order valence-corrected chi connectivity index (χ2v) is 7.16. The highest BCUT2D eigenvalue weighted by molar-refractivity contribution is 9.11. The fourth-order valence-electron chi connectivity index (χ4n) is 1.32. The first kappa shape index (κ1) is 14.9. The number of nitrogens with zero attached hydrogens (tertiary/aromatic N) is 1. The van der Waals surface area contributed by atoms with Gasteiger partial charge in [-0.25, -0.2) is 14.6 Å². The van der Waals surface area contributed by atoms with E-state index in [0.29, 0.717) is 11.6 Å². The molecular formula is C11H10BrN3O3S2. The van der Waals surface area contributed by atoms with E-state index in [2.05, 4.69) is 31.5 Å². The molecule has 2 rings (SSSR count). The topological polar surface area (TPSA) is 91.3 Å². The highest BCUT2D eigenvalue weighted by atomic mass is 79.9. The van der Waals surface area contributed by atoms with Crippen LogP contribution in [0.1, 0.15) is 20.4 Å². The van der Waals surface area contributed by atoms with Gasteiger partial charge in [0.05, 0.1) is 16.9 Å². The Morgan fingerprint density at radius 2 is 2.05 bits per heavy atom. The number of hydrogen-bond donors (Lipinski definition) is 3. The van der Waals surface area contributed by atoms with E-state index < -0.39 is 5.97 Å². The van der Waals surface area contributed by atoms with Crippen molar-refractivity contribution in [3.63, 3.8) is 0 Å². The molecule has 2 amide bonds. The van der Waals surface area contributed by atoms with Crippen molar-refractivity contribution >= 4 is 50.6 Å². The van der Waals surface area contributed by atoms with E-state index in [1.807, 2.05) is 12.1 Å². The number of hydrogen-bond acceptors (Lipinski definition) is 5. The molecule has 0 unspecified atom stereocenters. The summed E-state index contributed by atoms with van der Waals surface area (Å²) in [5.74, 6) is -1.07. The number of thiazole rings is 1. The van der Waals surface area contributed by atoms with Gasteiger partial charge in [0.1, 0.15) is 5.01 Å². The van der Waals surface area contributed by atoms with Crippen molar-refractivity contribution in [3.8, 4) is 0 Å². The van der Waals surface area contributed by atoms with E-state index in [0.717, 1.165) is 8.66 Å². The van der Waals surface area contributed by atoms with Crippen molar-refractivity contribution in [1.82, 2.24) is 15.6 Å². The van der Waals surface area contributed by atoms with Crippen molar-refractivity contribution in [1.29, 1.82) is 0 Å². The maximum absolute atomic E-state index is 11.6. The third-order valence-electron chi connectivity index (χ3n) is 2.22. The number of rotatable bonds is 5. The van der Waals surface area contributed by atoms with Crippen molar-refractivity contribution in [2.45, 2.75) is 13.1 Å². The molecule has 9 heteroatoms. The lowest BCUT2D eigenvalue weighted by atomic mass is 10.5. The number of urea groups is 1. The number of amides is 2. The first-order chi connectivity index (χ1) is 9.54. The van der Waals surface area contributed by atoms with E-state index in [1.165, 1.54) is 16.7 Å². The molecule has 2 aromatic rings. The third-order valence-corrected chi connectivity index (χ3v) is 4.70. The quantitative estimate of drug-likeness (QED) is 0.748. The molecule has 0 aromatic carbocycles. The molecule has 0 spiro atoms. The van der Waals surface area contributed by atoms with Crippen LogP contribution >= 0.6 is 38.6 Å². The van der Waals surface area contributed by atoms with Gasteiger partial charge in [0.2, 0.25) is 0 Å². The van der Waals surface area contributed by atoms with Gasteiger partial charge in [0.25, 0.3) is 0 Å². The Labute approximate surface area is 131 Å². The molecule has 0 saturated carbocycles. The molecule has 0 saturated heterocycles. The summed E-state index contributed by atoms with van der Waals surface area (Å²) in [5, 5.41) is 16.1. The van der Waals surface area contributed by atoms with Crippen LogP contribution in [-0.4, -0.2) is 22.1 Å². The molecule has 0 aliphatic rings. The van der Waals surface area contributed by atoms with Crippen LogP contribution in [0.5, 0.6) is 0 Å². The lowest BCUT2D eigenvalue weighted by Crippen LogP contribution is -2.34. The zero-order valence-corrected chi connectivity index (χ0v) is 13.3. The summed E-state index contributed by atoms with van der Waals surface area (Å²) in [7, 11) is 0. The monoisotopic (exact) mass is 375 g/mol. The highest BCUT2D eigenvalue weighted by Crippen LogP contribution is 2.21. The van der Waals surface area contributed by atoms with Crippen molar-refractivity contribution in [2.24, 2.45) is 0 Å². The van der Waals surface area contributed by atoms with E-state index in [4.69, 9.17) is 5.11 Å². The van der Waals surface area contributed by atoms with Crippen molar-refractivity contribution < 1.29 is 14.7 Å². The Balaban J connectivity index is 1.75. The molecule has 0 atom stereocenters. The lowest BCUT2D eigenvalue weighted by Gasteiger charge is -2.04. The summed E-state index contributed by atoms with van der Waals surface area (Å²) in [5.41, 5.74) is -0.00403. The smallest absolute Gasteiger partial charge is 0.355 e. The number of carboxylic acid groups (broad SMARTS) is 1. The fourth-order valence-corrected chi connectivity index (χ4v) is 3.45. The molecule has 0 aliphatic heterocycles. The van der Waals surface area contributed by atoms with Gasteiger partial charge in [0, 0.05) is 10.3 Å². The molecule has 0 aliphatic carbocycles. The fraction of sp³-hybridized carbons (Fsp3) is 0.182. The van der Waals surface area contributed by atoms with E-state index in [1.54, 1.807) is 11.3 Å². The van der Waals surface area contributed by atoms with E-state index >= 15 is 0 Å². The van der Waals surface area contributed by atoms with Crippen LogP contribution in [0.4, 0.5) is 4.79 Å². The molecule has 6 nitrogen and oxygen atoms in total. The number of aromatic carboxylic acids is 1. The average molecular weight is 376 g/mol. The summed E-state index contributed by atoms with van der Waals surface area (Å²) < 4.78 is 1.01. The summed E-state index contributed by atoms with van der Waals surface area (Å²) in [6, 6.07) is 3.53. The zero-order valence-electron chi connectivity index (χ0n) is 10.1. The molecule has 0 bridgehead atoms. The number of halogens is 1. The van der Waals surface area contributed by atoms with Crippen LogP contribution in [-0.2, 0) is 13.1 Å². The number of carbonyl (C=O) groups is 2. The van der Waals surface area contributed by atoms with Crippen molar-refractivity contribution in [3.05, 3.63) is 36.9 Å². The van der Waals surface area contributed by atoms with E-state index in [9.17, 15) is 9.59 Å². The summed E-state index contributed by atoms with van der Waals surface area (Å²) >= 11 is 6.10. The Hall–Kier alpha value is -1.45. The third kappa shape index (κ3) is 4.29. The number of aromatic nitrogens is 1. The molecule has 106 valence electrons. The Kier molecular flexibility index (Phi) is 5.10. The maximum Gasteiger partial charge on any atom is 0.355 e. The van der Waals surface area contributed by atoms with Crippen LogP contribution in [0, 0.1) is 0 Å². The standard InChI is InChI=1S/C11H10BrN3O3S2/c12-8-2-1-6(20-8)3-13-11(18)14-4-9-15-7(5-19-9)10(16)17/h1-2,5H,3-4H2,(H,16,17)(H2,13,14,18). The molecular weight excluding hydrogens is 366 g/mol. The highest BCUT2D eigenvalue weighted by Gasteiger charge is 2.09. The zero-order chi connectivity index (χ0) is 14.5. The van der Waals surface area contributed by atoms with Gasteiger partial charge >= 0.3 is 12.0 Å². The van der Waals surface area contributed by atoms with Gasteiger partial charge in [-0.15, -0.1) is 22.7 Å². The van der Waals surface area contributed by atoms with Crippen LogP contribution in [0.3, 0.4) is 0 Å². The van der Waals surface area contributed by atoms with Gasteiger partial charge in [-0.3, -0.25) is 0 Å². The van der Waals surface area contributed by atoms with Gasteiger partial charge < -0.3 is 15.7 Å². The van der Waals surface area contributed by atoms with Crippen LogP contribution < -0.4 is 10.6 Å². The van der Waals surface area contributed by atoms with Crippen LogP contribution in [0.15, 0.2) is 21.3 Å². The minimum atomic E-state index is -1.07. The van der Waals surface area contributed by atoms with Gasteiger partial charge in [-0.05, 0) is 28.1 Å². The first-order valence-corrected chi connectivity index (χ1v) is 7.97. The van der Waals surface area contributed by atoms with Gasteiger partial charge in [0.15, 0.2) is 5.69 Å². The Morgan fingerprint density at radius 1 is 1.30 bits per heavy atom. The molecule has 2 heterocycles. The predicted octanol–water partition coefficient (Wildman–Crippen LogP) is 2.66. The molecule has 2 aromatic heterocycles. The molecule has 0 fully saturated rings. The molecule has 3 N–H and O–H groups in total. The van der Waals surface area contributed by atoms with Crippen LogP contribution in [0.2, 0.25) is 0 Å². The summed E-state index contributed by atoms with van der Waals surface area (Å²) in [4.78, 5) is 27.1.